The van der Waals surface area contributed by atoms with Crippen LogP contribution in [-0.4, -0.2) is 11.6 Å². The van der Waals surface area contributed by atoms with Crippen molar-refractivity contribution in [3.05, 3.63) is 0 Å². The quantitative estimate of drug-likeness (QED) is 0.768. The van der Waals surface area contributed by atoms with E-state index < -0.39 is 0 Å². The summed E-state index contributed by atoms with van der Waals surface area (Å²) in [6.07, 6.45) is 8.84. The molecule has 2 fully saturated rings. The van der Waals surface area contributed by atoms with Crippen LogP contribution in [0.3, 0.4) is 0 Å². The summed E-state index contributed by atoms with van der Waals surface area (Å²) in [6.45, 7) is 5.45. The van der Waals surface area contributed by atoms with E-state index in [0.717, 1.165) is 24.7 Å². The Balaban J connectivity index is 1.95. The zero-order valence-electron chi connectivity index (χ0n) is 12.7. The molecule has 0 amide bonds. The van der Waals surface area contributed by atoms with Gasteiger partial charge in [-0.2, -0.15) is 0 Å². The van der Waals surface area contributed by atoms with Gasteiger partial charge in [0.15, 0.2) is 0 Å². The maximum atomic E-state index is 12.6. The van der Waals surface area contributed by atoms with Crippen LogP contribution in [0.1, 0.15) is 65.7 Å². The van der Waals surface area contributed by atoms with Crippen molar-refractivity contribution in [2.24, 2.45) is 29.6 Å². The minimum Gasteiger partial charge on any atom is -0.300 e. The second kappa shape index (κ2) is 6.19. The number of fused-ring (bicyclic) bond motifs is 1. The smallest absolute Gasteiger partial charge is 0.139 e. The second-order valence-corrected chi connectivity index (χ2v) is 6.90. The van der Waals surface area contributed by atoms with Crippen molar-refractivity contribution < 1.29 is 9.59 Å². The first-order valence-electron chi connectivity index (χ1n) is 8.05. The van der Waals surface area contributed by atoms with Gasteiger partial charge in [0, 0.05) is 17.8 Å². The van der Waals surface area contributed by atoms with Crippen molar-refractivity contribution >= 4 is 11.6 Å². The standard InChI is InChI=1S/C17H28O2/c1-11(13(3)18)12(2)17(19)16-9-8-14-6-4-5-7-15(14)10-16/h11-12,14-16H,4-10H2,1-3H3. The van der Waals surface area contributed by atoms with Gasteiger partial charge >= 0.3 is 0 Å². The first kappa shape index (κ1) is 14.7. The molecule has 5 unspecified atom stereocenters. The van der Waals surface area contributed by atoms with Crippen LogP contribution in [-0.2, 0) is 9.59 Å². The second-order valence-electron chi connectivity index (χ2n) is 6.90. The predicted molar refractivity (Wildman–Crippen MR) is 76.8 cm³/mol. The van der Waals surface area contributed by atoms with Gasteiger partial charge < -0.3 is 0 Å². The summed E-state index contributed by atoms with van der Waals surface area (Å²) in [4.78, 5) is 24.0. The maximum Gasteiger partial charge on any atom is 0.139 e. The van der Waals surface area contributed by atoms with Crippen molar-refractivity contribution in [2.75, 3.05) is 0 Å². The molecule has 0 N–H and O–H groups in total. The molecule has 0 aliphatic heterocycles. The average molecular weight is 264 g/mol. The SMILES string of the molecule is CC(=O)C(C)C(C)C(=O)C1CCC2CCCCC2C1. The third kappa shape index (κ3) is 3.27. The van der Waals surface area contributed by atoms with Crippen molar-refractivity contribution in [3.8, 4) is 0 Å². The van der Waals surface area contributed by atoms with Crippen molar-refractivity contribution in [1.29, 1.82) is 0 Å². The first-order chi connectivity index (χ1) is 9.00. The molecular formula is C17H28O2. The van der Waals surface area contributed by atoms with E-state index in [1.807, 2.05) is 13.8 Å². The van der Waals surface area contributed by atoms with E-state index in [0.29, 0.717) is 5.78 Å². The summed E-state index contributed by atoms with van der Waals surface area (Å²) in [5, 5.41) is 0. The number of Topliss-reactive ketones (excluding diaryl/α,β-unsaturated/α-hetero) is 2. The third-order valence-electron chi connectivity index (χ3n) is 5.78. The van der Waals surface area contributed by atoms with Gasteiger partial charge in [0.1, 0.15) is 11.6 Å². The molecule has 0 aromatic carbocycles. The lowest BCUT2D eigenvalue weighted by atomic mass is 9.65. The van der Waals surface area contributed by atoms with Crippen molar-refractivity contribution in [2.45, 2.75) is 65.7 Å². The molecular weight excluding hydrogens is 236 g/mol. The topological polar surface area (TPSA) is 34.1 Å². The lowest BCUT2D eigenvalue weighted by Gasteiger charge is -2.39. The first-order valence-corrected chi connectivity index (χ1v) is 8.05. The highest BCUT2D eigenvalue weighted by Crippen LogP contribution is 2.43. The molecule has 2 aliphatic rings. The number of carbonyl (C=O) groups excluding carboxylic acids is 2. The highest BCUT2D eigenvalue weighted by Gasteiger charge is 2.37. The van der Waals surface area contributed by atoms with E-state index in [4.69, 9.17) is 0 Å². The minimum atomic E-state index is -0.114. The molecule has 2 nitrogen and oxygen atoms in total. The van der Waals surface area contributed by atoms with E-state index in [2.05, 4.69) is 0 Å². The van der Waals surface area contributed by atoms with Gasteiger partial charge in [0.05, 0.1) is 0 Å². The van der Waals surface area contributed by atoms with Crippen LogP contribution in [0.2, 0.25) is 0 Å². The van der Waals surface area contributed by atoms with E-state index in [1.165, 1.54) is 32.1 Å². The summed E-state index contributed by atoms with van der Waals surface area (Å²) in [5.41, 5.74) is 0. The Bertz CT molecular complexity index is 347. The fourth-order valence-electron chi connectivity index (χ4n) is 4.10. The average Bonchev–Trinajstić information content (AvgIpc) is 2.44. The van der Waals surface area contributed by atoms with Crippen LogP contribution in [0, 0.1) is 29.6 Å². The van der Waals surface area contributed by atoms with Crippen molar-refractivity contribution in [3.63, 3.8) is 0 Å². The van der Waals surface area contributed by atoms with Crippen LogP contribution in [0.25, 0.3) is 0 Å². The van der Waals surface area contributed by atoms with Crippen molar-refractivity contribution in [1.82, 2.24) is 0 Å². The Morgan fingerprint density at radius 3 is 2.16 bits per heavy atom. The van der Waals surface area contributed by atoms with Crippen LogP contribution in [0.4, 0.5) is 0 Å². The largest absolute Gasteiger partial charge is 0.300 e. The zero-order valence-corrected chi connectivity index (χ0v) is 12.7. The number of carbonyl (C=O) groups is 2. The highest BCUT2D eigenvalue weighted by atomic mass is 16.1. The Morgan fingerprint density at radius 1 is 0.895 bits per heavy atom. The predicted octanol–water partition coefficient (Wildman–Crippen LogP) is 4.02. The molecule has 2 rings (SSSR count). The highest BCUT2D eigenvalue weighted by molar-refractivity contribution is 5.89. The molecule has 108 valence electrons. The van der Waals surface area contributed by atoms with Crippen LogP contribution in [0.15, 0.2) is 0 Å². The molecule has 0 aromatic rings. The fraction of sp³-hybridized carbons (Fsp3) is 0.882. The van der Waals surface area contributed by atoms with E-state index in [1.54, 1.807) is 6.92 Å². The van der Waals surface area contributed by atoms with Gasteiger partial charge in [-0.3, -0.25) is 9.59 Å². The summed E-state index contributed by atoms with van der Waals surface area (Å²) in [7, 11) is 0. The lowest BCUT2D eigenvalue weighted by molar-refractivity contribution is -0.134. The van der Waals surface area contributed by atoms with Gasteiger partial charge in [0.25, 0.3) is 0 Å². The summed E-state index contributed by atoms with van der Waals surface area (Å²) in [5.74, 6) is 2.20. The summed E-state index contributed by atoms with van der Waals surface area (Å²) in [6, 6.07) is 0. The van der Waals surface area contributed by atoms with Gasteiger partial charge in [0.2, 0.25) is 0 Å². The molecule has 0 radical (unpaired) electrons. The Morgan fingerprint density at radius 2 is 1.53 bits per heavy atom. The van der Waals surface area contributed by atoms with E-state index in [-0.39, 0.29) is 23.5 Å². The Kier molecular flexibility index (Phi) is 4.81. The van der Waals surface area contributed by atoms with Gasteiger partial charge in [-0.05, 0) is 38.0 Å². The molecule has 0 heterocycles. The lowest BCUT2D eigenvalue weighted by Crippen LogP contribution is -2.35. The van der Waals surface area contributed by atoms with Gasteiger partial charge in [-0.1, -0.05) is 39.5 Å². The molecule has 0 bridgehead atoms. The molecule has 2 aliphatic carbocycles. The summed E-state index contributed by atoms with van der Waals surface area (Å²) >= 11 is 0. The third-order valence-corrected chi connectivity index (χ3v) is 5.78. The van der Waals surface area contributed by atoms with Gasteiger partial charge in [-0.15, -0.1) is 0 Å². The normalized spacial score (nSPS) is 34.2. The maximum absolute atomic E-state index is 12.6. The molecule has 2 saturated carbocycles. The van der Waals surface area contributed by atoms with E-state index >= 15 is 0 Å². The molecule has 2 heteroatoms. The molecule has 0 saturated heterocycles. The summed E-state index contributed by atoms with van der Waals surface area (Å²) < 4.78 is 0. The van der Waals surface area contributed by atoms with Crippen LogP contribution in [0.5, 0.6) is 0 Å². The number of ketones is 2. The van der Waals surface area contributed by atoms with E-state index in [9.17, 15) is 9.59 Å². The molecule has 19 heavy (non-hydrogen) atoms. The number of hydrogen-bond acceptors (Lipinski definition) is 2. The Hall–Kier alpha value is -0.660. The molecule has 0 aromatic heterocycles. The van der Waals surface area contributed by atoms with Crippen LogP contribution < -0.4 is 0 Å². The Labute approximate surface area is 117 Å². The zero-order chi connectivity index (χ0) is 14.0. The van der Waals surface area contributed by atoms with Gasteiger partial charge in [-0.25, -0.2) is 0 Å². The number of rotatable bonds is 4. The molecule has 5 atom stereocenters. The number of hydrogen-bond donors (Lipinski definition) is 0. The minimum absolute atomic E-state index is 0.0948. The monoisotopic (exact) mass is 264 g/mol. The molecule has 0 spiro atoms. The fourth-order valence-corrected chi connectivity index (χ4v) is 4.10. The van der Waals surface area contributed by atoms with Crippen LogP contribution >= 0.6 is 0 Å².